The molecule has 8 nitrogen and oxygen atoms in total. The van der Waals surface area contributed by atoms with Crippen LogP contribution in [0.25, 0.3) is 6.08 Å². The van der Waals surface area contributed by atoms with Gasteiger partial charge in [0.05, 0.1) is 17.2 Å². The molecule has 156 valence electrons. The molecule has 1 saturated heterocycles. The lowest BCUT2D eigenvalue weighted by Crippen LogP contribution is -2.23. The summed E-state index contributed by atoms with van der Waals surface area (Å²) in [6, 6.07) is 11.4. The Kier molecular flexibility index (Phi) is 6.63. The fourth-order valence-corrected chi connectivity index (χ4v) is 3.37. The molecule has 0 saturated carbocycles. The second kappa shape index (κ2) is 9.36. The van der Waals surface area contributed by atoms with E-state index in [0.717, 1.165) is 0 Å². The van der Waals surface area contributed by atoms with Crippen molar-refractivity contribution in [2.45, 2.75) is 20.0 Å². The first-order valence-electron chi connectivity index (χ1n) is 9.10. The Hall–Kier alpha value is -3.46. The van der Waals surface area contributed by atoms with E-state index in [-0.39, 0.29) is 11.7 Å². The first kappa shape index (κ1) is 21.3. The molecule has 1 aliphatic rings. The zero-order chi connectivity index (χ0) is 21.7. The van der Waals surface area contributed by atoms with E-state index in [0.29, 0.717) is 39.4 Å². The molecule has 0 radical (unpaired) electrons. The summed E-state index contributed by atoms with van der Waals surface area (Å²) in [5, 5.41) is 21.7. The molecule has 1 heterocycles. The predicted octanol–water partition coefficient (Wildman–Crippen LogP) is 3.53. The summed E-state index contributed by atoms with van der Waals surface area (Å²) in [5.74, 6) is -0.594. The molecule has 1 fully saturated rings. The number of phenolic OH excluding ortho intramolecular Hbond substituents is 1. The fourth-order valence-electron chi connectivity index (χ4n) is 2.53. The summed E-state index contributed by atoms with van der Waals surface area (Å²) in [5.41, 5.74) is 1.21. The number of amides is 1. The number of thioether (sulfide) groups is 1. The van der Waals surface area contributed by atoms with Crippen LogP contribution in [0.3, 0.4) is 0 Å². The lowest BCUT2D eigenvalue weighted by atomic mass is 10.2. The van der Waals surface area contributed by atoms with Gasteiger partial charge >= 0.3 is 5.97 Å². The van der Waals surface area contributed by atoms with Crippen LogP contribution in [-0.2, 0) is 9.59 Å². The van der Waals surface area contributed by atoms with Crippen LogP contribution in [-0.4, -0.2) is 40.0 Å². The molecule has 0 aliphatic carbocycles. The van der Waals surface area contributed by atoms with Crippen LogP contribution < -0.4 is 14.8 Å². The number of aliphatic imine (C=N–C) groups is 1. The third kappa shape index (κ3) is 5.32. The SMILES string of the molecule is CCOc1cc(/C=C2/SC(=Nc3cccc(O)c3)NC2=O)ccc1OC(C)C(=O)O. The highest BCUT2D eigenvalue weighted by atomic mass is 32.2. The van der Waals surface area contributed by atoms with E-state index in [2.05, 4.69) is 10.3 Å². The Morgan fingerprint density at radius 3 is 2.77 bits per heavy atom. The summed E-state index contributed by atoms with van der Waals surface area (Å²) >= 11 is 1.17. The smallest absolute Gasteiger partial charge is 0.344 e. The summed E-state index contributed by atoms with van der Waals surface area (Å²) < 4.78 is 11.0. The zero-order valence-corrected chi connectivity index (χ0v) is 17.1. The van der Waals surface area contributed by atoms with E-state index in [1.165, 1.54) is 30.8 Å². The van der Waals surface area contributed by atoms with Gasteiger partial charge in [0.25, 0.3) is 5.91 Å². The summed E-state index contributed by atoms with van der Waals surface area (Å²) in [4.78, 5) is 28.1. The monoisotopic (exact) mass is 428 g/mol. The number of carbonyl (C=O) groups excluding carboxylic acids is 1. The number of nitrogens with zero attached hydrogens (tertiary/aromatic N) is 1. The van der Waals surface area contributed by atoms with Crippen molar-refractivity contribution in [3.05, 3.63) is 52.9 Å². The normalized spacial score (nSPS) is 17.1. The maximum atomic E-state index is 12.3. The first-order valence-corrected chi connectivity index (χ1v) is 9.92. The summed E-state index contributed by atoms with van der Waals surface area (Å²) in [7, 11) is 0. The van der Waals surface area contributed by atoms with Crippen molar-refractivity contribution in [1.82, 2.24) is 5.32 Å². The van der Waals surface area contributed by atoms with E-state index in [9.17, 15) is 14.7 Å². The van der Waals surface area contributed by atoms with Gasteiger partial charge in [-0.05, 0) is 61.5 Å². The number of ether oxygens (including phenoxy) is 2. The number of aromatic hydroxyl groups is 1. The van der Waals surface area contributed by atoms with Crippen LogP contribution in [0.15, 0.2) is 52.4 Å². The Labute approximate surface area is 177 Å². The average molecular weight is 428 g/mol. The number of benzene rings is 2. The standard InChI is InChI=1S/C21H20N2O6S/c1-3-28-17-9-13(7-8-16(17)29-12(2)20(26)27)10-18-19(25)23-21(30-18)22-14-5-4-6-15(24)11-14/h4-12,24H,3H2,1-2H3,(H,26,27)(H,22,23,25)/b18-10+. The summed E-state index contributed by atoms with van der Waals surface area (Å²) in [6.45, 7) is 3.61. The van der Waals surface area contributed by atoms with Crippen LogP contribution in [0, 0.1) is 0 Å². The minimum atomic E-state index is -1.08. The molecule has 1 aliphatic heterocycles. The minimum Gasteiger partial charge on any atom is -0.508 e. The van der Waals surface area contributed by atoms with Gasteiger partial charge in [0.1, 0.15) is 5.75 Å². The Morgan fingerprint density at radius 1 is 1.27 bits per heavy atom. The number of hydrogen-bond acceptors (Lipinski definition) is 7. The maximum absolute atomic E-state index is 12.3. The highest BCUT2D eigenvalue weighted by Gasteiger charge is 2.24. The second-order valence-corrected chi connectivity index (χ2v) is 7.27. The predicted molar refractivity (Wildman–Crippen MR) is 114 cm³/mol. The molecule has 2 aromatic carbocycles. The van der Waals surface area contributed by atoms with E-state index in [1.807, 2.05) is 0 Å². The molecular weight excluding hydrogens is 408 g/mol. The van der Waals surface area contributed by atoms with Gasteiger partial charge in [-0.2, -0.15) is 0 Å². The number of carbonyl (C=O) groups is 2. The van der Waals surface area contributed by atoms with Gasteiger partial charge < -0.3 is 25.0 Å². The van der Waals surface area contributed by atoms with Crippen molar-refractivity contribution in [2.75, 3.05) is 6.61 Å². The molecule has 3 N–H and O–H groups in total. The molecule has 9 heteroatoms. The van der Waals surface area contributed by atoms with Crippen molar-refractivity contribution in [3.63, 3.8) is 0 Å². The molecular formula is C21H20N2O6S. The third-order valence-corrected chi connectivity index (χ3v) is 4.84. The highest BCUT2D eigenvalue weighted by Crippen LogP contribution is 2.33. The fraction of sp³-hybridized carbons (Fsp3) is 0.190. The second-order valence-electron chi connectivity index (χ2n) is 6.24. The Balaban J connectivity index is 1.82. The van der Waals surface area contributed by atoms with Gasteiger partial charge in [0, 0.05) is 6.07 Å². The summed E-state index contributed by atoms with van der Waals surface area (Å²) in [6.07, 6.45) is 0.651. The number of carboxylic acids is 1. The average Bonchev–Trinajstić information content (AvgIpc) is 3.02. The molecule has 2 aromatic rings. The van der Waals surface area contributed by atoms with Crippen molar-refractivity contribution >= 4 is 40.6 Å². The topological polar surface area (TPSA) is 117 Å². The van der Waals surface area contributed by atoms with Crippen molar-refractivity contribution in [2.24, 2.45) is 4.99 Å². The lowest BCUT2D eigenvalue weighted by molar-refractivity contribution is -0.144. The molecule has 0 spiro atoms. The zero-order valence-electron chi connectivity index (χ0n) is 16.3. The highest BCUT2D eigenvalue weighted by molar-refractivity contribution is 8.18. The lowest BCUT2D eigenvalue weighted by Gasteiger charge is -2.15. The number of aliphatic carboxylic acids is 1. The number of rotatable bonds is 7. The van der Waals surface area contributed by atoms with Gasteiger partial charge in [-0.25, -0.2) is 9.79 Å². The maximum Gasteiger partial charge on any atom is 0.344 e. The van der Waals surface area contributed by atoms with Crippen molar-refractivity contribution in [1.29, 1.82) is 0 Å². The largest absolute Gasteiger partial charge is 0.508 e. The first-order chi connectivity index (χ1) is 14.4. The van der Waals surface area contributed by atoms with Gasteiger partial charge in [0.2, 0.25) is 0 Å². The molecule has 0 aromatic heterocycles. The number of nitrogens with one attached hydrogen (secondary N) is 1. The van der Waals surface area contributed by atoms with Gasteiger partial charge in [-0.15, -0.1) is 0 Å². The number of amidine groups is 1. The quantitative estimate of drug-likeness (QED) is 0.578. The van der Waals surface area contributed by atoms with Gasteiger partial charge in [0.15, 0.2) is 22.8 Å². The van der Waals surface area contributed by atoms with Crippen molar-refractivity contribution in [3.8, 4) is 17.2 Å². The van der Waals surface area contributed by atoms with Gasteiger partial charge in [-0.1, -0.05) is 12.1 Å². The molecule has 30 heavy (non-hydrogen) atoms. The van der Waals surface area contributed by atoms with Crippen molar-refractivity contribution < 1.29 is 29.3 Å². The molecule has 0 bridgehead atoms. The molecule has 1 amide bonds. The minimum absolute atomic E-state index is 0.0879. The number of phenols is 1. The van der Waals surface area contributed by atoms with Gasteiger partial charge in [-0.3, -0.25) is 4.79 Å². The van der Waals surface area contributed by atoms with Crippen LogP contribution in [0.1, 0.15) is 19.4 Å². The van der Waals surface area contributed by atoms with Crippen LogP contribution in [0.2, 0.25) is 0 Å². The van der Waals surface area contributed by atoms with E-state index in [4.69, 9.17) is 14.6 Å². The van der Waals surface area contributed by atoms with Crippen LogP contribution in [0.4, 0.5) is 5.69 Å². The third-order valence-electron chi connectivity index (χ3n) is 3.93. The molecule has 1 atom stereocenters. The molecule has 3 rings (SSSR count). The van der Waals surface area contributed by atoms with E-state index < -0.39 is 12.1 Å². The number of hydrogen-bond donors (Lipinski definition) is 3. The van der Waals surface area contributed by atoms with E-state index in [1.54, 1.807) is 43.3 Å². The van der Waals surface area contributed by atoms with E-state index >= 15 is 0 Å². The Morgan fingerprint density at radius 2 is 2.07 bits per heavy atom. The van der Waals surface area contributed by atoms with Crippen LogP contribution in [0.5, 0.6) is 17.2 Å². The number of carboxylic acid groups (broad SMARTS) is 1. The Bertz CT molecular complexity index is 1030. The molecule has 1 unspecified atom stereocenters. The van der Waals surface area contributed by atoms with Crippen LogP contribution >= 0.6 is 11.8 Å².